The summed E-state index contributed by atoms with van der Waals surface area (Å²) in [6.07, 6.45) is 5.44. The number of esters is 1. The molecule has 5 heteroatoms. The van der Waals surface area contributed by atoms with Crippen LogP contribution in [0.1, 0.15) is 53.9 Å². The molecule has 8 atom stereocenters. The molecule has 1 fully saturated rings. The third kappa shape index (κ3) is 3.74. The molecule has 1 aliphatic carbocycles. The van der Waals surface area contributed by atoms with Gasteiger partial charge in [0, 0.05) is 31.8 Å². The van der Waals surface area contributed by atoms with Crippen LogP contribution in [0.25, 0.3) is 0 Å². The van der Waals surface area contributed by atoms with Crippen LogP contribution >= 0.6 is 0 Å². The van der Waals surface area contributed by atoms with Crippen molar-refractivity contribution in [2.75, 3.05) is 6.61 Å². The van der Waals surface area contributed by atoms with E-state index >= 15 is 0 Å². The lowest BCUT2D eigenvalue weighted by Crippen LogP contribution is -2.55. The lowest BCUT2D eigenvalue weighted by atomic mass is 9.62. The summed E-state index contributed by atoms with van der Waals surface area (Å²) in [7, 11) is 0. The normalized spacial score (nSPS) is 44.7. The number of allylic oxidation sites excluding steroid dienone is 1. The fourth-order valence-electron chi connectivity index (χ4n) is 5.45. The molecule has 1 saturated heterocycles. The van der Waals surface area contributed by atoms with Gasteiger partial charge in [0.05, 0.1) is 12.2 Å². The van der Waals surface area contributed by atoms with Crippen molar-refractivity contribution in [3.05, 3.63) is 23.3 Å². The second kappa shape index (κ2) is 7.69. The molecule has 2 heterocycles. The molecule has 5 nitrogen and oxygen atoms in total. The number of hydrogen-bond donors (Lipinski definition) is 2. The van der Waals surface area contributed by atoms with Gasteiger partial charge in [-0.05, 0) is 45.4 Å². The fraction of sp³-hybridized carbons (Fsp3) is 0.773. The Morgan fingerprint density at radius 2 is 2.07 bits per heavy atom. The summed E-state index contributed by atoms with van der Waals surface area (Å²) in [5.41, 5.74) is 1.21. The Labute approximate surface area is 162 Å². The number of aliphatic hydroxyl groups is 2. The van der Waals surface area contributed by atoms with Gasteiger partial charge in [-0.3, -0.25) is 4.79 Å². The SMILES string of the molecule is CC(=O)O[C@H]1C/C=C(\C)C[C@H]2O[C@H]([C@@H]3[C@@H]([C@@H](C)CO)CC=C(C)[C@@H]32)[C@]1(C)O. The first-order chi connectivity index (χ1) is 12.7. The molecule has 0 aromatic carbocycles. The van der Waals surface area contributed by atoms with Gasteiger partial charge in [0.1, 0.15) is 11.7 Å². The van der Waals surface area contributed by atoms with E-state index in [4.69, 9.17) is 9.47 Å². The highest BCUT2D eigenvalue weighted by Crippen LogP contribution is 2.53. The van der Waals surface area contributed by atoms with E-state index in [2.05, 4.69) is 32.9 Å². The predicted octanol–water partition coefficient (Wildman–Crippen LogP) is 3.00. The van der Waals surface area contributed by atoms with Crippen LogP contribution in [0.15, 0.2) is 23.3 Å². The summed E-state index contributed by atoms with van der Waals surface area (Å²) >= 11 is 0. The highest BCUT2D eigenvalue weighted by atomic mass is 16.6. The van der Waals surface area contributed by atoms with E-state index in [1.54, 1.807) is 6.92 Å². The molecular formula is C22H34O5. The van der Waals surface area contributed by atoms with Crippen molar-refractivity contribution in [3.63, 3.8) is 0 Å². The van der Waals surface area contributed by atoms with Gasteiger partial charge in [0.25, 0.3) is 0 Å². The maximum atomic E-state index is 11.7. The standard InChI is InChI=1S/C22H34O5/c1-12-6-9-18(26-15(4)24)22(5,25)21-20-16(14(3)11-23)8-7-13(2)19(20)17(10-12)27-21/h6-7,14,16-21,23,25H,8-11H2,1-5H3/b12-6+/t14-,16+,17+,18-,19+,20+,21+,22+/m0/s1. The lowest BCUT2D eigenvalue weighted by Gasteiger charge is -2.44. The first kappa shape index (κ1) is 20.6. The van der Waals surface area contributed by atoms with Gasteiger partial charge in [0.2, 0.25) is 0 Å². The summed E-state index contributed by atoms with van der Waals surface area (Å²) in [5, 5.41) is 21.4. The molecule has 3 rings (SSSR count). The van der Waals surface area contributed by atoms with Crippen molar-refractivity contribution in [3.8, 4) is 0 Å². The molecular weight excluding hydrogens is 344 g/mol. The second-order valence-corrected chi connectivity index (χ2v) is 9.02. The Morgan fingerprint density at radius 1 is 1.37 bits per heavy atom. The fourth-order valence-corrected chi connectivity index (χ4v) is 5.45. The maximum Gasteiger partial charge on any atom is 0.303 e. The molecule has 27 heavy (non-hydrogen) atoms. The number of rotatable bonds is 3. The summed E-state index contributed by atoms with van der Waals surface area (Å²) < 4.78 is 12.1. The zero-order chi connectivity index (χ0) is 19.9. The number of ether oxygens (including phenoxy) is 2. The van der Waals surface area contributed by atoms with Crippen LogP contribution in [0.3, 0.4) is 0 Å². The smallest absolute Gasteiger partial charge is 0.303 e. The number of carbonyl (C=O) groups is 1. The zero-order valence-corrected chi connectivity index (χ0v) is 17.1. The number of hydrogen-bond acceptors (Lipinski definition) is 5. The van der Waals surface area contributed by atoms with Crippen LogP contribution in [0.5, 0.6) is 0 Å². The average molecular weight is 379 g/mol. The second-order valence-electron chi connectivity index (χ2n) is 9.02. The largest absolute Gasteiger partial charge is 0.459 e. The highest BCUT2D eigenvalue weighted by Gasteiger charge is 2.58. The molecule has 0 unspecified atom stereocenters. The van der Waals surface area contributed by atoms with E-state index in [1.807, 2.05) is 0 Å². The molecule has 3 aliphatic rings. The van der Waals surface area contributed by atoms with E-state index in [0.29, 0.717) is 6.42 Å². The molecule has 0 spiro atoms. The quantitative estimate of drug-likeness (QED) is 0.583. The zero-order valence-electron chi connectivity index (χ0n) is 17.1. The van der Waals surface area contributed by atoms with Gasteiger partial charge in [-0.25, -0.2) is 0 Å². The van der Waals surface area contributed by atoms with Gasteiger partial charge in [-0.15, -0.1) is 0 Å². The van der Waals surface area contributed by atoms with E-state index in [1.165, 1.54) is 18.1 Å². The molecule has 2 aliphatic heterocycles. The molecule has 0 saturated carbocycles. The van der Waals surface area contributed by atoms with Crippen LogP contribution in [0, 0.1) is 23.7 Å². The summed E-state index contributed by atoms with van der Waals surface area (Å²) in [6, 6.07) is 0. The van der Waals surface area contributed by atoms with Crippen molar-refractivity contribution in [2.24, 2.45) is 23.7 Å². The summed E-state index contributed by atoms with van der Waals surface area (Å²) in [6.45, 7) is 9.53. The third-order valence-corrected chi connectivity index (χ3v) is 6.98. The number of carbonyl (C=O) groups excluding carboxylic acids is 1. The first-order valence-electron chi connectivity index (χ1n) is 10.1. The molecule has 152 valence electrons. The molecule has 0 aromatic heterocycles. The average Bonchev–Trinajstić information content (AvgIpc) is 2.99. The van der Waals surface area contributed by atoms with Crippen LogP contribution in [-0.4, -0.2) is 46.7 Å². The molecule has 0 radical (unpaired) electrons. The van der Waals surface area contributed by atoms with E-state index in [0.717, 1.165) is 12.8 Å². The molecule has 0 amide bonds. The molecule has 0 aromatic rings. The van der Waals surface area contributed by atoms with Crippen LogP contribution in [0.4, 0.5) is 0 Å². The minimum absolute atomic E-state index is 0.00347. The van der Waals surface area contributed by atoms with Crippen molar-refractivity contribution in [1.82, 2.24) is 0 Å². The van der Waals surface area contributed by atoms with Crippen LogP contribution < -0.4 is 0 Å². The first-order valence-corrected chi connectivity index (χ1v) is 10.1. The lowest BCUT2D eigenvalue weighted by molar-refractivity contribution is -0.188. The monoisotopic (exact) mass is 378 g/mol. The van der Waals surface area contributed by atoms with Crippen molar-refractivity contribution in [2.45, 2.75) is 77.8 Å². The Hall–Kier alpha value is -1.17. The van der Waals surface area contributed by atoms with Gasteiger partial charge < -0.3 is 19.7 Å². The van der Waals surface area contributed by atoms with Crippen molar-refractivity contribution in [1.29, 1.82) is 0 Å². The Bertz CT molecular complexity index is 635. The van der Waals surface area contributed by atoms with E-state index in [-0.39, 0.29) is 36.4 Å². The minimum Gasteiger partial charge on any atom is -0.459 e. The third-order valence-electron chi connectivity index (χ3n) is 6.98. The Kier molecular flexibility index (Phi) is 5.85. The van der Waals surface area contributed by atoms with Gasteiger partial charge >= 0.3 is 5.97 Å². The van der Waals surface area contributed by atoms with Crippen molar-refractivity contribution < 1.29 is 24.5 Å². The highest BCUT2D eigenvalue weighted by molar-refractivity contribution is 5.66. The van der Waals surface area contributed by atoms with Gasteiger partial charge in [0.15, 0.2) is 0 Å². The topological polar surface area (TPSA) is 76.0 Å². The number of aliphatic hydroxyl groups excluding tert-OH is 1. The van der Waals surface area contributed by atoms with E-state index < -0.39 is 23.8 Å². The van der Waals surface area contributed by atoms with Gasteiger partial charge in [-0.1, -0.05) is 30.2 Å². The maximum absolute atomic E-state index is 11.7. The predicted molar refractivity (Wildman–Crippen MR) is 103 cm³/mol. The van der Waals surface area contributed by atoms with Gasteiger partial charge in [-0.2, -0.15) is 0 Å². The Morgan fingerprint density at radius 3 is 2.70 bits per heavy atom. The van der Waals surface area contributed by atoms with Crippen LogP contribution in [-0.2, 0) is 14.3 Å². The number of fused-ring (bicyclic) bond motifs is 5. The van der Waals surface area contributed by atoms with Crippen molar-refractivity contribution >= 4 is 5.97 Å². The molecule has 2 bridgehead atoms. The summed E-state index contributed by atoms with van der Waals surface area (Å²) in [5.74, 6) is 0.271. The minimum atomic E-state index is -1.30. The van der Waals surface area contributed by atoms with Crippen LogP contribution in [0.2, 0.25) is 0 Å². The Balaban J connectivity index is 2.06. The summed E-state index contributed by atoms with van der Waals surface area (Å²) in [4.78, 5) is 11.7. The molecule has 2 N–H and O–H groups in total. The van der Waals surface area contributed by atoms with E-state index in [9.17, 15) is 15.0 Å².